The number of rotatable bonds is 8. The van der Waals surface area contributed by atoms with Crippen LogP contribution in [0, 0.1) is 0 Å². The van der Waals surface area contributed by atoms with Crippen molar-refractivity contribution in [2.24, 2.45) is 0 Å². The van der Waals surface area contributed by atoms with E-state index in [0.29, 0.717) is 17.2 Å². The Balaban J connectivity index is 2.23. The van der Waals surface area contributed by atoms with Gasteiger partial charge in [0.1, 0.15) is 11.8 Å². The molecule has 0 bridgehead atoms. The first-order valence-electron chi connectivity index (χ1n) is 10.3. The first-order valence-corrected chi connectivity index (χ1v) is 11.4. The van der Waals surface area contributed by atoms with E-state index in [2.05, 4.69) is 42.0 Å². The lowest BCUT2D eigenvalue weighted by atomic mass is 9.87. The van der Waals surface area contributed by atoms with E-state index in [4.69, 9.17) is 16.3 Å². The lowest BCUT2D eigenvalue weighted by Crippen LogP contribution is -2.49. The summed E-state index contributed by atoms with van der Waals surface area (Å²) in [4.78, 5) is 27.1. The minimum absolute atomic E-state index is 0.00445. The minimum atomic E-state index is -0.621. The topological polar surface area (TPSA) is 58.6 Å². The molecule has 5 nitrogen and oxygen atoms in total. The highest BCUT2D eigenvalue weighted by Crippen LogP contribution is 2.31. The van der Waals surface area contributed by atoms with Crippen molar-refractivity contribution >= 4 is 39.3 Å². The summed E-state index contributed by atoms with van der Waals surface area (Å²) in [5.41, 5.74) is 1.93. The summed E-state index contributed by atoms with van der Waals surface area (Å²) in [5.74, 6) is 0.0628. The van der Waals surface area contributed by atoms with E-state index in [1.165, 1.54) is 4.90 Å². The molecule has 0 aromatic heterocycles. The average molecular weight is 510 g/mol. The van der Waals surface area contributed by atoms with Gasteiger partial charge in [-0.3, -0.25) is 9.59 Å². The number of ether oxygens (including phenoxy) is 1. The second kappa shape index (κ2) is 11.0. The molecule has 0 heterocycles. The summed E-state index contributed by atoms with van der Waals surface area (Å²) in [6.07, 6.45) is 0.472. The SMILES string of the molecule is CC[C@@H](C(=O)NC)N(Cc1ccccc1Cl)C(=O)COc1ccc(C(C)(C)C)cc1Br. The van der Waals surface area contributed by atoms with Gasteiger partial charge in [0.05, 0.1) is 4.47 Å². The van der Waals surface area contributed by atoms with Gasteiger partial charge in [-0.2, -0.15) is 0 Å². The van der Waals surface area contributed by atoms with Crippen LogP contribution >= 0.6 is 27.5 Å². The Morgan fingerprint density at radius 3 is 2.42 bits per heavy atom. The number of likely N-dealkylation sites (N-methyl/N-ethyl adjacent to an activating group) is 1. The molecule has 168 valence electrons. The summed E-state index contributed by atoms with van der Waals surface area (Å²) in [6, 6.07) is 12.5. The molecule has 0 saturated heterocycles. The first-order chi connectivity index (χ1) is 14.6. The lowest BCUT2D eigenvalue weighted by molar-refractivity contribution is -0.142. The molecule has 2 aromatic carbocycles. The highest BCUT2D eigenvalue weighted by Gasteiger charge is 2.29. The van der Waals surface area contributed by atoms with Crippen molar-refractivity contribution in [1.82, 2.24) is 10.2 Å². The van der Waals surface area contributed by atoms with Crippen LogP contribution in [0.1, 0.15) is 45.2 Å². The van der Waals surface area contributed by atoms with Crippen molar-refractivity contribution in [1.29, 1.82) is 0 Å². The number of hydrogen-bond donors (Lipinski definition) is 1. The third kappa shape index (κ3) is 6.71. The Morgan fingerprint density at radius 2 is 1.87 bits per heavy atom. The molecular formula is C24H30BrClN2O3. The number of halogens is 2. The minimum Gasteiger partial charge on any atom is -0.483 e. The quantitative estimate of drug-likeness (QED) is 0.523. The standard InChI is InChI=1S/C24H30BrClN2O3/c1-6-20(23(30)27-5)28(14-16-9-7-8-10-19(16)26)22(29)15-31-21-12-11-17(13-18(21)25)24(2,3)4/h7-13,20H,6,14-15H2,1-5H3,(H,27,30)/t20-/m0/s1. The van der Waals surface area contributed by atoms with Gasteiger partial charge in [-0.1, -0.05) is 63.6 Å². The fourth-order valence-corrected chi connectivity index (χ4v) is 3.89. The van der Waals surface area contributed by atoms with Crippen LogP contribution in [0.2, 0.25) is 5.02 Å². The van der Waals surface area contributed by atoms with Crippen molar-refractivity contribution in [3.05, 3.63) is 63.1 Å². The van der Waals surface area contributed by atoms with Crippen LogP contribution in [0.3, 0.4) is 0 Å². The monoisotopic (exact) mass is 508 g/mol. The third-order valence-corrected chi connectivity index (χ3v) is 6.07. The van der Waals surface area contributed by atoms with Crippen LogP contribution in [-0.2, 0) is 21.5 Å². The van der Waals surface area contributed by atoms with E-state index in [0.717, 1.165) is 15.6 Å². The molecule has 0 radical (unpaired) electrons. The number of carbonyl (C=O) groups is 2. The van der Waals surface area contributed by atoms with Gasteiger partial charge in [0, 0.05) is 18.6 Å². The molecule has 0 unspecified atom stereocenters. The molecule has 0 fully saturated rings. The van der Waals surface area contributed by atoms with E-state index in [9.17, 15) is 9.59 Å². The van der Waals surface area contributed by atoms with Crippen molar-refractivity contribution in [3.63, 3.8) is 0 Å². The van der Waals surface area contributed by atoms with Crippen molar-refractivity contribution < 1.29 is 14.3 Å². The number of benzene rings is 2. The van der Waals surface area contributed by atoms with Crippen LogP contribution in [0.5, 0.6) is 5.75 Å². The van der Waals surface area contributed by atoms with E-state index < -0.39 is 6.04 Å². The highest BCUT2D eigenvalue weighted by molar-refractivity contribution is 9.10. The largest absolute Gasteiger partial charge is 0.483 e. The molecule has 2 rings (SSSR count). The van der Waals surface area contributed by atoms with E-state index in [-0.39, 0.29) is 30.4 Å². The third-order valence-electron chi connectivity index (χ3n) is 5.08. The molecule has 0 aliphatic heterocycles. The molecule has 1 N–H and O–H groups in total. The van der Waals surface area contributed by atoms with Gasteiger partial charge in [0.15, 0.2) is 6.61 Å². The Hall–Kier alpha value is -2.05. The number of hydrogen-bond acceptors (Lipinski definition) is 3. The summed E-state index contributed by atoms with van der Waals surface area (Å²) in [6.45, 7) is 8.30. The molecule has 7 heteroatoms. The summed E-state index contributed by atoms with van der Waals surface area (Å²) in [5, 5.41) is 3.19. The molecule has 1 atom stereocenters. The van der Waals surface area contributed by atoms with Gasteiger partial charge >= 0.3 is 0 Å². The second-order valence-corrected chi connectivity index (χ2v) is 9.60. The predicted octanol–water partition coefficient (Wildman–Crippen LogP) is 5.33. The fraction of sp³-hybridized carbons (Fsp3) is 0.417. The van der Waals surface area contributed by atoms with Crippen LogP contribution < -0.4 is 10.1 Å². The Kier molecular flexibility index (Phi) is 8.95. The molecule has 0 aliphatic carbocycles. The van der Waals surface area contributed by atoms with Gasteiger partial charge in [0.25, 0.3) is 5.91 Å². The first kappa shape index (κ1) is 25.2. The molecule has 2 aromatic rings. The number of amides is 2. The normalized spacial score (nSPS) is 12.2. The Morgan fingerprint density at radius 1 is 1.19 bits per heavy atom. The molecule has 2 amide bonds. The van der Waals surface area contributed by atoms with Gasteiger partial charge in [-0.05, 0) is 57.1 Å². The molecule has 0 spiro atoms. The summed E-state index contributed by atoms with van der Waals surface area (Å²) < 4.78 is 6.60. The fourth-order valence-electron chi connectivity index (χ4n) is 3.20. The van der Waals surface area contributed by atoms with Crippen LogP contribution in [-0.4, -0.2) is 36.4 Å². The van der Waals surface area contributed by atoms with E-state index >= 15 is 0 Å². The van der Waals surface area contributed by atoms with E-state index in [1.54, 1.807) is 13.1 Å². The Bertz CT molecular complexity index is 927. The number of nitrogens with one attached hydrogen (secondary N) is 1. The highest BCUT2D eigenvalue weighted by atomic mass is 79.9. The van der Waals surface area contributed by atoms with Crippen molar-refractivity contribution in [2.45, 2.75) is 52.1 Å². The van der Waals surface area contributed by atoms with Gasteiger partial charge in [-0.15, -0.1) is 0 Å². The van der Waals surface area contributed by atoms with Crippen molar-refractivity contribution in [3.8, 4) is 5.75 Å². The zero-order chi connectivity index (χ0) is 23.2. The molecule has 0 aliphatic rings. The number of nitrogens with zero attached hydrogens (tertiary/aromatic N) is 1. The molecular weight excluding hydrogens is 480 g/mol. The van der Waals surface area contributed by atoms with Gasteiger partial charge < -0.3 is 15.0 Å². The number of carbonyl (C=O) groups excluding carboxylic acids is 2. The van der Waals surface area contributed by atoms with Crippen LogP contribution in [0.4, 0.5) is 0 Å². The zero-order valence-electron chi connectivity index (χ0n) is 18.7. The van der Waals surface area contributed by atoms with Gasteiger partial charge in [-0.25, -0.2) is 0 Å². The predicted molar refractivity (Wildman–Crippen MR) is 128 cm³/mol. The molecule has 0 saturated carbocycles. The van der Waals surface area contributed by atoms with E-state index in [1.807, 2.05) is 43.3 Å². The lowest BCUT2D eigenvalue weighted by Gasteiger charge is -2.30. The maximum Gasteiger partial charge on any atom is 0.261 e. The summed E-state index contributed by atoms with van der Waals surface area (Å²) >= 11 is 9.84. The second-order valence-electron chi connectivity index (χ2n) is 8.34. The maximum atomic E-state index is 13.2. The van der Waals surface area contributed by atoms with Crippen LogP contribution in [0.15, 0.2) is 46.9 Å². The maximum absolute atomic E-state index is 13.2. The van der Waals surface area contributed by atoms with Crippen LogP contribution in [0.25, 0.3) is 0 Å². The smallest absolute Gasteiger partial charge is 0.261 e. The molecule has 31 heavy (non-hydrogen) atoms. The summed E-state index contributed by atoms with van der Waals surface area (Å²) in [7, 11) is 1.56. The zero-order valence-corrected chi connectivity index (χ0v) is 21.0. The Labute approximate surface area is 198 Å². The van der Waals surface area contributed by atoms with Gasteiger partial charge in [0.2, 0.25) is 5.91 Å². The average Bonchev–Trinajstić information content (AvgIpc) is 2.72. The van der Waals surface area contributed by atoms with Crippen molar-refractivity contribution in [2.75, 3.05) is 13.7 Å².